The first-order valence-corrected chi connectivity index (χ1v) is 7.22. The van der Waals surface area contributed by atoms with Crippen LogP contribution in [0, 0.1) is 5.92 Å². The van der Waals surface area contributed by atoms with E-state index < -0.39 is 0 Å². The molecule has 0 aliphatic heterocycles. The van der Waals surface area contributed by atoms with Crippen LogP contribution in [0.5, 0.6) is 11.5 Å². The van der Waals surface area contributed by atoms with Crippen molar-refractivity contribution in [3.8, 4) is 11.5 Å². The molecular weight excluding hydrogens is 238 g/mol. The molecule has 0 aliphatic carbocycles. The van der Waals surface area contributed by atoms with Crippen molar-refractivity contribution in [2.45, 2.75) is 40.2 Å². The van der Waals surface area contributed by atoms with E-state index in [1.54, 1.807) is 13.2 Å². The maximum Gasteiger partial charge on any atom is 0.160 e. The number of hydrogen-bond acceptors (Lipinski definition) is 3. The highest BCUT2D eigenvalue weighted by Crippen LogP contribution is 2.27. The molecule has 0 aliphatic rings. The number of methoxy groups -OCH3 is 1. The lowest BCUT2D eigenvalue weighted by molar-refractivity contribution is 0.226. The highest BCUT2D eigenvalue weighted by atomic mass is 16.5. The Kier molecular flexibility index (Phi) is 6.71. The van der Waals surface area contributed by atoms with Gasteiger partial charge in [0, 0.05) is 13.1 Å². The molecule has 0 unspecified atom stereocenters. The summed E-state index contributed by atoms with van der Waals surface area (Å²) in [7, 11) is 1.58. The van der Waals surface area contributed by atoms with Gasteiger partial charge in [0.15, 0.2) is 11.5 Å². The fourth-order valence-electron chi connectivity index (χ4n) is 2.30. The first-order valence-electron chi connectivity index (χ1n) is 7.22. The van der Waals surface area contributed by atoms with Crippen molar-refractivity contribution in [2.24, 2.45) is 5.92 Å². The second kappa shape index (κ2) is 8.05. The summed E-state index contributed by atoms with van der Waals surface area (Å²) in [4.78, 5) is 2.45. The minimum Gasteiger partial charge on any atom is -0.504 e. The molecule has 1 aromatic carbocycles. The molecule has 1 N–H and O–H groups in total. The molecule has 3 heteroatoms. The van der Waals surface area contributed by atoms with Crippen molar-refractivity contribution in [2.75, 3.05) is 20.2 Å². The van der Waals surface area contributed by atoms with Crippen LogP contribution in [-0.4, -0.2) is 30.2 Å². The predicted octanol–water partition coefficient (Wildman–Crippen LogP) is 3.66. The zero-order valence-corrected chi connectivity index (χ0v) is 12.6. The van der Waals surface area contributed by atoms with Crippen LogP contribution in [0.1, 0.15) is 39.2 Å². The van der Waals surface area contributed by atoms with Crippen LogP contribution in [0.3, 0.4) is 0 Å². The summed E-state index contributed by atoms with van der Waals surface area (Å²) < 4.78 is 5.16. The van der Waals surface area contributed by atoms with Gasteiger partial charge in [0.1, 0.15) is 0 Å². The van der Waals surface area contributed by atoms with E-state index in [9.17, 15) is 5.11 Å². The number of phenols is 1. The first-order chi connectivity index (χ1) is 9.14. The van der Waals surface area contributed by atoms with Gasteiger partial charge in [0.05, 0.1) is 7.11 Å². The first kappa shape index (κ1) is 15.8. The molecule has 0 spiro atoms. The molecule has 108 valence electrons. The average Bonchev–Trinajstić information content (AvgIpc) is 2.45. The molecular formula is C16H27NO2. The maximum absolute atomic E-state index is 9.61. The average molecular weight is 265 g/mol. The van der Waals surface area contributed by atoms with Crippen molar-refractivity contribution in [1.29, 1.82) is 0 Å². The molecule has 1 rings (SSSR count). The van der Waals surface area contributed by atoms with Gasteiger partial charge in [0.2, 0.25) is 0 Å². The lowest BCUT2D eigenvalue weighted by atomic mass is 10.0. The van der Waals surface area contributed by atoms with Gasteiger partial charge in [-0.15, -0.1) is 0 Å². The Labute approximate surface area is 117 Å². The highest BCUT2D eigenvalue weighted by molar-refractivity contribution is 5.41. The van der Waals surface area contributed by atoms with Gasteiger partial charge in [-0.25, -0.2) is 0 Å². The van der Waals surface area contributed by atoms with Gasteiger partial charge in [-0.3, -0.25) is 4.90 Å². The summed E-state index contributed by atoms with van der Waals surface area (Å²) in [5.74, 6) is 1.52. The van der Waals surface area contributed by atoms with Gasteiger partial charge in [-0.05, 0) is 30.2 Å². The molecule has 0 saturated carbocycles. The summed E-state index contributed by atoms with van der Waals surface area (Å²) in [5, 5.41) is 9.61. The van der Waals surface area contributed by atoms with Gasteiger partial charge in [-0.2, -0.15) is 0 Å². The van der Waals surface area contributed by atoms with Crippen molar-refractivity contribution >= 4 is 0 Å². The number of rotatable bonds is 8. The van der Waals surface area contributed by atoms with Crippen molar-refractivity contribution in [3.05, 3.63) is 23.8 Å². The quantitative estimate of drug-likeness (QED) is 0.778. The number of hydrogen-bond donors (Lipinski definition) is 1. The van der Waals surface area contributed by atoms with Crippen LogP contribution < -0.4 is 4.74 Å². The monoisotopic (exact) mass is 265 g/mol. The Bertz CT molecular complexity index is 375. The number of benzene rings is 1. The third-order valence-electron chi connectivity index (χ3n) is 3.77. The molecule has 0 fully saturated rings. The molecule has 0 saturated heterocycles. The van der Waals surface area contributed by atoms with Gasteiger partial charge in [0.25, 0.3) is 0 Å². The summed E-state index contributed by atoms with van der Waals surface area (Å²) >= 11 is 0. The van der Waals surface area contributed by atoms with E-state index in [-0.39, 0.29) is 5.75 Å². The zero-order chi connectivity index (χ0) is 14.3. The van der Waals surface area contributed by atoms with Crippen LogP contribution in [0.15, 0.2) is 18.2 Å². The molecule has 0 radical (unpaired) electrons. The Hall–Kier alpha value is -1.22. The van der Waals surface area contributed by atoms with Crippen LogP contribution in [0.25, 0.3) is 0 Å². The third-order valence-corrected chi connectivity index (χ3v) is 3.77. The van der Waals surface area contributed by atoms with E-state index >= 15 is 0 Å². The number of phenolic OH excluding ortho intramolecular Hbond substituents is 1. The number of aromatic hydroxyl groups is 1. The second-order valence-corrected chi connectivity index (χ2v) is 5.02. The minimum atomic E-state index is 0.203. The fourth-order valence-corrected chi connectivity index (χ4v) is 2.30. The zero-order valence-electron chi connectivity index (χ0n) is 12.6. The third kappa shape index (κ3) is 4.75. The van der Waals surface area contributed by atoms with Crippen molar-refractivity contribution in [3.63, 3.8) is 0 Å². The van der Waals surface area contributed by atoms with Gasteiger partial charge >= 0.3 is 0 Å². The summed E-state index contributed by atoms with van der Waals surface area (Å²) in [5.41, 5.74) is 1.18. The largest absolute Gasteiger partial charge is 0.504 e. The van der Waals surface area contributed by atoms with Gasteiger partial charge < -0.3 is 9.84 Å². The van der Waals surface area contributed by atoms with E-state index in [2.05, 4.69) is 25.7 Å². The van der Waals surface area contributed by atoms with E-state index in [1.165, 1.54) is 18.4 Å². The summed E-state index contributed by atoms with van der Waals surface area (Å²) in [6.07, 6.45) is 2.46. The van der Waals surface area contributed by atoms with Crippen LogP contribution in [0.2, 0.25) is 0 Å². The lowest BCUT2D eigenvalue weighted by Crippen LogP contribution is -2.28. The number of nitrogens with zero attached hydrogens (tertiary/aromatic N) is 1. The SMILES string of the molecule is CCC(CC)CN(CC)Cc1ccc(O)c(OC)c1. The highest BCUT2D eigenvalue weighted by Gasteiger charge is 2.11. The Morgan fingerprint density at radius 3 is 2.42 bits per heavy atom. The van der Waals surface area contributed by atoms with E-state index in [4.69, 9.17) is 4.74 Å². The topological polar surface area (TPSA) is 32.7 Å². The Balaban J connectivity index is 2.69. The van der Waals surface area contributed by atoms with E-state index in [0.717, 1.165) is 25.6 Å². The van der Waals surface area contributed by atoms with Crippen LogP contribution >= 0.6 is 0 Å². The molecule has 0 heterocycles. The van der Waals surface area contributed by atoms with Gasteiger partial charge in [-0.1, -0.05) is 39.7 Å². The van der Waals surface area contributed by atoms with Crippen LogP contribution in [0.4, 0.5) is 0 Å². The Morgan fingerprint density at radius 1 is 1.21 bits per heavy atom. The standard InChI is InChI=1S/C16H27NO2/c1-5-13(6-2)11-17(7-3)12-14-8-9-15(18)16(10-14)19-4/h8-10,13,18H,5-7,11-12H2,1-4H3. The smallest absolute Gasteiger partial charge is 0.160 e. The molecule has 0 bridgehead atoms. The minimum absolute atomic E-state index is 0.203. The second-order valence-electron chi connectivity index (χ2n) is 5.02. The maximum atomic E-state index is 9.61. The predicted molar refractivity (Wildman–Crippen MR) is 79.7 cm³/mol. The molecule has 19 heavy (non-hydrogen) atoms. The molecule has 0 atom stereocenters. The molecule has 3 nitrogen and oxygen atoms in total. The van der Waals surface area contributed by atoms with Crippen molar-refractivity contribution < 1.29 is 9.84 Å². The van der Waals surface area contributed by atoms with Crippen LogP contribution in [-0.2, 0) is 6.54 Å². The van der Waals surface area contributed by atoms with E-state index in [1.807, 2.05) is 12.1 Å². The normalized spacial score (nSPS) is 11.3. The summed E-state index contributed by atoms with van der Waals surface area (Å²) in [6.45, 7) is 9.78. The molecule has 0 amide bonds. The molecule has 0 aromatic heterocycles. The fraction of sp³-hybridized carbons (Fsp3) is 0.625. The lowest BCUT2D eigenvalue weighted by Gasteiger charge is -2.25. The van der Waals surface area contributed by atoms with E-state index in [0.29, 0.717) is 5.75 Å². The number of ether oxygens (including phenoxy) is 1. The van der Waals surface area contributed by atoms with Crippen molar-refractivity contribution in [1.82, 2.24) is 4.90 Å². The Morgan fingerprint density at radius 2 is 1.89 bits per heavy atom. The molecule has 1 aromatic rings. The summed E-state index contributed by atoms with van der Waals surface area (Å²) in [6, 6.07) is 5.59.